The topological polar surface area (TPSA) is 74.9 Å². The van der Waals surface area contributed by atoms with E-state index in [4.69, 9.17) is 4.42 Å². The predicted molar refractivity (Wildman–Crippen MR) is 136 cm³/mol. The molecule has 0 fully saturated rings. The van der Waals surface area contributed by atoms with Crippen LogP contribution in [0.4, 0.5) is 10.1 Å². The number of nitrogens with zero attached hydrogens (tertiary/aromatic N) is 2. The maximum Gasteiger partial charge on any atom is 0.294 e. The SMILES string of the molecule is Cc1c(C(=O)N2c3ccc(F)cc3CCC2C)oc2c1/C(=N/NC(=O)c1ccccc1Br)CCC2. The van der Waals surface area contributed by atoms with E-state index in [2.05, 4.69) is 26.5 Å². The number of aryl methyl sites for hydroxylation is 2. The van der Waals surface area contributed by atoms with Gasteiger partial charge >= 0.3 is 0 Å². The largest absolute Gasteiger partial charge is 0.455 e. The van der Waals surface area contributed by atoms with Crippen LogP contribution in [0.2, 0.25) is 0 Å². The highest BCUT2D eigenvalue weighted by molar-refractivity contribution is 9.10. The fraction of sp³-hybridized carbons (Fsp3) is 0.296. The van der Waals surface area contributed by atoms with E-state index in [-0.39, 0.29) is 29.4 Å². The molecule has 5 rings (SSSR count). The second-order valence-electron chi connectivity index (χ2n) is 9.02. The van der Waals surface area contributed by atoms with Crippen LogP contribution < -0.4 is 10.3 Å². The third-order valence-corrected chi connectivity index (χ3v) is 7.41. The van der Waals surface area contributed by atoms with E-state index in [1.54, 1.807) is 29.2 Å². The van der Waals surface area contributed by atoms with Gasteiger partial charge in [0.1, 0.15) is 11.6 Å². The number of amides is 2. The molecule has 1 aliphatic heterocycles. The standard InChI is InChI=1S/C27H25BrFN3O3/c1-15-10-11-17-14-18(29)12-13-22(17)32(15)27(34)25-16(2)24-21(8-5-9-23(24)35-25)30-31-26(33)19-6-3-4-7-20(19)28/h3-4,6-7,12-15H,5,8-11H2,1-2H3,(H,31,33)/b30-21+. The average molecular weight is 538 g/mol. The Morgan fingerprint density at radius 1 is 1.17 bits per heavy atom. The van der Waals surface area contributed by atoms with E-state index in [1.165, 1.54) is 12.1 Å². The molecule has 1 atom stereocenters. The Hall–Kier alpha value is -3.26. The van der Waals surface area contributed by atoms with Crippen LogP contribution in [-0.4, -0.2) is 23.6 Å². The summed E-state index contributed by atoms with van der Waals surface area (Å²) in [6.07, 6.45) is 3.63. The van der Waals surface area contributed by atoms with Crippen LogP contribution in [0.15, 0.2) is 56.5 Å². The number of carbonyl (C=O) groups is 2. The first-order valence-electron chi connectivity index (χ1n) is 11.7. The molecule has 0 radical (unpaired) electrons. The number of hydrogen-bond donors (Lipinski definition) is 1. The predicted octanol–water partition coefficient (Wildman–Crippen LogP) is 5.94. The second-order valence-corrected chi connectivity index (χ2v) is 9.88. The third kappa shape index (κ3) is 4.31. The van der Waals surface area contributed by atoms with Crippen LogP contribution in [0.3, 0.4) is 0 Å². The number of hydrazone groups is 1. The van der Waals surface area contributed by atoms with E-state index in [0.29, 0.717) is 39.9 Å². The van der Waals surface area contributed by atoms with E-state index >= 15 is 0 Å². The Kier molecular flexibility index (Phi) is 6.32. The summed E-state index contributed by atoms with van der Waals surface area (Å²) in [4.78, 5) is 28.1. The number of halogens is 2. The number of carbonyl (C=O) groups excluding carboxylic acids is 2. The Morgan fingerprint density at radius 3 is 2.77 bits per heavy atom. The van der Waals surface area contributed by atoms with Gasteiger partial charge in [0.25, 0.3) is 11.8 Å². The quantitative estimate of drug-likeness (QED) is 0.420. The zero-order valence-corrected chi connectivity index (χ0v) is 21.1. The van der Waals surface area contributed by atoms with E-state index in [0.717, 1.165) is 36.1 Å². The fourth-order valence-corrected chi connectivity index (χ4v) is 5.41. The van der Waals surface area contributed by atoms with Crippen molar-refractivity contribution in [2.24, 2.45) is 5.10 Å². The number of furan rings is 1. The van der Waals surface area contributed by atoms with Crippen molar-refractivity contribution in [3.63, 3.8) is 0 Å². The molecule has 0 saturated heterocycles. The number of rotatable bonds is 3. The molecular formula is C27H25BrFN3O3. The van der Waals surface area contributed by atoms with E-state index in [9.17, 15) is 14.0 Å². The van der Waals surface area contributed by atoms with Crippen molar-refractivity contribution in [2.45, 2.75) is 52.0 Å². The molecule has 2 heterocycles. The number of fused-ring (bicyclic) bond motifs is 2. The molecule has 6 nitrogen and oxygen atoms in total. The molecular weight excluding hydrogens is 513 g/mol. The molecule has 2 amide bonds. The van der Waals surface area contributed by atoms with Gasteiger partial charge in [-0.05, 0) is 91.4 Å². The Balaban J connectivity index is 1.46. The number of hydrogen-bond acceptors (Lipinski definition) is 4. The highest BCUT2D eigenvalue weighted by atomic mass is 79.9. The smallest absolute Gasteiger partial charge is 0.294 e. The first-order chi connectivity index (χ1) is 16.8. The highest BCUT2D eigenvalue weighted by Crippen LogP contribution is 2.36. The van der Waals surface area contributed by atoms with Gasteiger partial charge in [0.05, 0.1) is 11.3 Å². The number of nitrogens with one attached hydrogen (secondary N) is 1. The van der Waals surface area contributed by atoms with Crippen molar-refractivity contribution < 1.29 is 18.4 Å². The van der Waals surface area contributed by atoms with Crippen molar-refractivity contribution in [1.82, 2.24) is 5.43 Å². The molecule has 35 heavy (non-hydrogen) atoms. The van der Waals surface area contributed by atoms with Crippen LogP contribution in [0.1, 0.15) is 69.5 Å². The Bertz CT molecular complexity index is 1360. The molecule has 3 aromatic rings. The first-order valence-corrected chi connectivity index (χ1v) is 12.5. The van der Waals surface area contributed by atoms with Crippen molar-refractivity contribution in [2.75, 3.05) is 4.90 Å². The monoisotopic (exact) mass is 537 g/mol. The normalized spacial score (nSPS) is 18.2. The second kappa shape index (κ2) is 9.41. The minimum atomic E-state index is -0.319. The van der Waals surface area contributed by atoms with E-state index in [1.807, 2.05) is 19.9 Å². The Labute approximate surface area is 211 Å². The summed E-state index contributed by atoms with van der Waals surface area (Å²) in [5.41, 5.74) is 6.87. The molecule has 1 N–H and O–H groups in total. The van der Waals surface area contributed by atoms with Crippen molar-refractivity contribution in [1.29, 1.82) is 0 Å². The summed E-state index contributed by atoms with van der Waals surface area (Å²) >= 11 is 3.39. The van der Waals surface area contributed by atoms with E-state index < -0.39 is 0 Å². The van der Waals surface area contributed by atoms with Crippen molar-refractivity contribution >= 4 is 39.1 Å². The maximum atomic E-state index is 13.8. The minimum Gasteiger partial charge on any atom is -0.455 e. The average Bonchev–Trinajstić information content (AvgIpc) is 3.19. The van der Waals surface area contributed by atoms with Crippen molar-refractivity contribution in [3.8, 4) is 0 Å². The molecule has 0 spiro atoms. The van der Waals surface area contributed by atoms with Gasteiger partial charge in [0.15, 0.2) is 5.76 Å². The highest BCUT2D eigenvalue weighted by Gasteiger charge is 2.35. The summed E-state index contributed by atoms with van der Waals surface area (Å²) in [5.74, 6) is 0.107. The maximum absolute atomic E-state index is 13.8. The van der Waals surface area contributed by atoms with Gasteiger partial charge in [0.2, 0.25) is 0 Å². The molecule has 0 saturated carbocycles. The Morgan fingerprint density at radius 2 is 1.97 bits per heavy atom. The lowest BCUT2D eigenvalue weighted by atomic mass is 9.92. The van der Waals surface area contributed by atoms with Gasteiger partial charge in [-0.15, -0.1) is 0 Å². The molecule has 8 heteroatoms. The molecule has 180 valence electrons. The van der Waals surface area contributed by atoms with Gasteiger partial charge in [-0.1, -0.05) is 12.1 Å². The van der Waals surface area contributed by atoms with Gasteiger partial charge in [-0.3, -0.25) is 9.59 Å². The number of benzene rings is 2. The summed E-state index contributed by atoms with van der Waals surface area (Å²) in [5, 5.41) is 4.42. The van der Waals surface area contributed by atoms with Gasteiger partial charge in [-0.2, -0.15) is 5.10 Å². The summed E-state index contributed by atoms with van der Waals surface area (Å²) in [6, 6.07) is 11.7. The molecule has 2 aromatic carbocycles. The van der Waals surface area contributed by atoms with Crippen LogP contribution in [0, 0.1) is 12.7 Å². The molecule has 1 aromatic heterocycles. The lowest BCUT2D eigenvalue weighted by molar-refractivity contribution is 0.0941. The van der Waals surface area contributed by atoms with Crippen molar-refractivity contribution in [3.05, 3.63) is 86.5 Å². The lowest BCUT2D eigenvalue weighted by Gasteiger charge is -2.34. The zero-order valence-electron chi connectivity index (χ0n) is 19.5. The fourth-order valence-electron chi connectivity index (χ4n) is 4.95. The molecule has 2 aliphatic rings. The van der Waals surface area contributed by atoms with Gasteiger partial charge in [0, 0.05) is 33.7 Å². The zero-order chi connectivity index (χ0) is 24.7. The lowest BCUT2D eigenvalue weighted by Crippen LogP contribution is -2.42. The van der Waals surface area contributed by atoms with Gasteiger partial charge in [-0.25, -0.2) is 9.82 Å². The van der Waals surface area contributed by atoms with Crippen LogP contribution in [-0.2, 0) is 12.8 Å². The summed E-state index contributed by atoms with van der Waals surface area (Å²) in [7, 11) is 0. The summed E-state index contributed by atoms with van der Waals surface area (Å²) in [6.45, 7) is 3.85. The molecule has 1 aliphatic carbocycles. The van der Waals surface area contributed by atoms with Gasteiger partial charge < -0.3 is 9.32 Å². The minimum absolute atomic E-state index is 0.0428. The van der Waals surface area contributed by atoms with Crippen LogP contribution >= 0.6 is 15.9 Å². The molecule has 0 bridgehead atoms. The van der Waals surface area contributed by atoms with Crippen LogP contribution in [0.5, 0.6) is 0 Å². The molecule has 1 unspecified atom stereocenters. The van der Waals surface area contributed by atoms with Crippen LogP contribution in [0.25, 0.3) is 0 Å². The third-order valence-electron chi connectivity index (χ3n) is 6.72. The number of anilines is 1. The summed E-state index contributed by atoms with van der Waals surface area (Å²) < 4.78 is 20.6. The first kappa shape index (κ1) is 23.5.